The van der Waals surface area contributed by atoms with Gasteiger partial charge in [0.1, 0.15) is 0 Å². The summed E-state index contributed by atoms with van der Waals surface area (Å²) in [5.74, 6) is 1.12. The Morgan fingerprint density at radius 3 is 1.38 bits per heavy atom. The molecule has 1 nitrogen and oxygen atoms in total. The van der Waals surface area contributed by atoms with Crippen LogP contribution in [0.3, 0.4) is 0 Å². The lowest BCUT2D eigenvalue weighted by atomic mass is 10.2. The Balaban J connectivity index is 0.000000300. The molecule has 0 saturated heterocycles. The minimum absolute atomic E-state index is 1.12. The van der Waals surface area contributed by atoms with Crippen LogP contribution in [0, 0.1) is 0 Å². The van der Waals surface area contributed by atoms with Crippen molar-refractivity contribution in [3.05, 3.63) is 78.9 Å². The summed E-state index contributed by atoms with van der Waals surface area (Å²) in [6, 6.07) is 27.4. The molecule has 0 aliphatic rings. The molecular formula is C18H13BF4O. The predicted octanol–water partition coefficient (Wildman–Crippen LogP) is 6.56. The lowest BCUT2D eigenvalue weighted by Gasteiger charge is -2.03. The Kier molecular flexibility index (Phi) is 4.29. The number of rotatable bonds is 1. The molecule has 0 N–H and O–H groups in total. The zero-order chi connectivity index (χ0) is 17.2. The molecule has 4 rings (SSSR count). The summed E-state index contributed by atoms with van der Waals surface area (Å²) in [6.45, 7) is 0. The zero-order valence-corrected chi connectivity index (χ0v) is 12.5. The van der Waals surface area contributed by atoms with Crippen LogP contribution < -0.4 is 0 Å². The van der Waals surface area contributed by atoms with Gasteiger partial charge in [0.25, 0.3) is 16.9 Å². The van der Waals surface area contributed by atoms with Crippen LogP contribution in [0.5, 0.6) is 0 Å². The van der Waals surface area contributed by atoms with Gasteiger partial charge in [0.2, 0.25) is 0 Å². The molecule has 6 heteroatoms. The Labute approximate surface area is 135 Å². The Morgan fingerprint density at radius 1 is 0.542 bits per heavy atom. The quantitative estimate of drug-likeness (QED) is 0.211. The lowest BCUT2D eigenvalue weighted by Crippen LogP contribution is -2.02. The highest BCUT2D eigenvalue weighted by atomic mass is 19.5. The van der Waals surface area contributed by atoms with Gasteiger partial charge in [0, 0.05) is 24.3 Å². The molecule has 24 heavy (non-hydrogen) atoms. The predicted molar refractivity (Wildman–Crippen MR) is 89.8 cm³/mol. The summed E-state index contributed by atoms with van der Waals surface area (Å²) in [7, 11) is -6.00. The third kappa shape index (κ3) is 3.43. The average Bonchev–Trinajstić information content (AvgIpc) is 2.89. The first kappa shape index (κ1) is 16.1. The second-order valence-electron chi connectivity index (χ2n) is 5.11. The van der Waals surface area contributed by atoms with Crippen molar-refractivity contribution < 1.29 is 21.3 Å². The molecule has 0 atom stereocenters. The maximum Gasteiger partial charge on any atom is 0.673 e. The molecule has 1 aromatic heterocycles. The van der Waals surface area contributed by atoms with Crippen molar-refractivity contribution in [3.63, 3.8) is 0 Å². The van der Waals surface area contributed by atoms with E-state index in [2.05, 4.69) is 76.8 Å². The smallest absolute Gasteiger partial charge is 0.498 e. The molecule has 0 aliphatic heterocycles. The van der Waals surface area contributed by atoms with Crippen molar-refractivity contribution in [2.75, 3.05) is 0 Å². The highest BCUT2D eigenvalue weighted by molar-refractivity contribution is 6.50. The van der Waals surface area contributed by atoms with Crippen molar-refractivity contribution in [1.82, 2.24) is 0 Å². The van der Waals surface area contributed by atoms with Crippen LogP contribution in [-0.2, 0) is 0 Å². The fourth-order valence-electron chi connectivity index (χ4n) is 2.66. The molecular weight excluding hydrogens is 319 g/mol. The first-order valence-corrected chi connectivity index (χ1v) is 7.30. The molecule has 0 unspecified atom stereocenters. The van der Waals surface area contributed by atoms with Gasteiger partial charge in [-0.05, 0) is 12.1 Å². The van der Waals surface area contributed by atoms with Gasteiger partial charge < -0.3 is 21.3 Å². The van der Waals surface area contributed by atoms with Gasteiger partial charge in [-0.3, -0.25) is 0 Å². The maximum absolute atomic E-state index is 9.75. The maximum atomic E-state index is 9.75. The van der Waals surface area contributed by atoms with E-state index >= 15 is 0 Å². The number of hydrogen-bond acceptors (Lipinski definition) is 0. The third-order valence-corrected chi connectivity index (χ3v) is 3.48. The van der Waals surface area contributed by atoms with Crippen LogP contribution in [0.25, 0.3) is 27.7 Å². The minimum atomic E-state index is -6.00. The molecule has 4 aromatic rings. The van der Waals surface area contributed by atoms with Crippen LogP contribution in [0.1, 0.15) is 0 Å². The Bertz CT molecular complexity index is 902. The molecule has 1 heterocycles. The molecule has 3 aromatic carbocycles. The average molecular weight is 332 g/mol. The molecule has 0 spiro atoms. The van der Waals surface area contributed by atoms with Crippen LogP contribution in [0.4, 0.5) is 17.3 Å². The van der Waals surface area contributed by atoms with E-state index in [0.29, 0.717) is 0 Å². The van der Waals surface area contributed by atoms with Gasteiger partial charge in [-0.2, -0.15) is 0 Å². The number of halogens is 4. The molecule has 0 radical (unpaired) electrons. The minimum Gasteiger partial charge on any atom is -0.498 e. The molecule has 0 amide bonds. The number of fused-ring (bicyclic) bond motifs is 3. The highest BCUT2D eigenvalue weighted by Crippen LogP contribution is 2.37. The van der Waals surface area contributed by atoms with Gasteiger partial charge in [0.05, 0.1) is 10.8 Å². The fourth-order valence-corrected chi connectivity index (χ4v) is 2.66. The number of furan rings is 1. The molecule has 0 fully saturated rings. The Hall–Kier alpha value is -2.76. The summed E-state index contributed by atoms with van der Waals surface area (Å²) in [6.07, 6.45) is 0. The number of hydrogen-bond donors (Lipinski definition) is 0. The van der Waals surface area contributed by atoms with Crippen molar-refractivity contribution in [2.24, 2.45) is 0 Å². The second-order valence-corrected chi connectivity index (χ2v) is 5.11. The third-order valence-electron chi connectivity index (χ3n) is 3.48. The van der Waals surface area contributed by atoms with Crippen LogP contribution >= 0.6 is 0 Å². The molecule has 0 saturated carbocycles. The van der Waals surface area contributed by atoms with Crippen molar-refractivity contribution >= 4 is 29.2 Å². The number of para-hydroxylation sites is 3. The fraction of sp³-hybridized carbons (Fsp3) is 0. The van der Waals surface area contributed by atoms with E-state index in [0.717, 1.165) is 5.75 Å². The van der Waals surface area contributed by atoms with E-state index < -0.39 is 7.25 Å². The van der Waals surface area contributed by atoms with Gasteiger partial charge in [0.15, 0.2) is 0 Å². The van der Waals surface area contributed by atoms with Crippen molar-refractivity contribution in [2.45, 2.75) is 0 Å². The summed E-state index contributed by atoms with van der Waals surface area (Å²) < 4.78 is 42.3. The van der Waals surface area contributed by atoms with Gasteiger partial charge >= 0.3 is 7.25 Å². The van der Waals surface area contributed by atoms with Crippen molar-refractivity contribution in [1.29, 1.82) is 0 Å². The lowest BCUT2D eigenvalue weighted by molar-refractivity contribution is 0.368. The zero-order valence-electron chi connectivity index (χ0n) is 12.5. The first-order chi connectivity index (χ1) is 11.4. The largest absolute Gasteiger partial charge is 0.673 e. The van der Waals surface area contributed by atoms with E-state index in [1.165, 1.54) is 21.9 Å². The monoisotopic (exact) mass is 332 g/mol. The first-order valence-electron chi connectivity index (χ1n) is 7.30. The van der Waals surface area contributed by atoms with E-state index in [9.17, 15) is 17.3 Å². The van der Waals surface area contributed by atoms with Gasteiger partial charge in [-0.1, -0.05) is 42.5 Å². The molecule has 122 valence electrons. The summed E-state index contributed by atoms with van der Waals surface area (Å²) >= 11 is 0. The SMILES string of the molecule is F[B-](F)(F)F.c1ccc(-[o+]2c3ccccc3c3ccccc32)cc1. The van der Waals surface area contributed by atoms with Crippen LogP contribution in [0.2, 0.25) is 0 Å². The van der Waals surface area contributed by atoms with E-state index in [4.69, 9.17) is 0 Å². The van der Waals surface area contributed by atoms with Gasteiger partial charge in [-0.25, -0.2) is 0 Å². The van der Waals surface area contributed by atoms with E-state index in [1.54, 1.807) is 0 Å². The normalized spacial score (nSPS) is 11.3. The topological polar surface area (TPSA) is 2.70 Å². The molecule has 0 bridgehead atoms. The standard InChI is InChI=1S/C18H13O.BF4/c1-2-8-14(9-3-1)19-17-12-6-4-10-15(17)16-11-5-7-13-18(16)19;2-1(3,4)5/h1-13H;/q+1;-1. The second kappa shape index (κ2) is 6.39. The van der Waals surface area contributed by atoms with Gasteiger partial charge in [-0.15, -0.1) is 0 Å². The highest BCUT2D eigenvalue weighted by Gasteiger charge is 2.20. The van der Waals surface area contributed by atoms with Crippen LogP contribution in [-0.4, -0.2) is 7.25 Å². The van der Waals surface area contributed by atoms with E-state index in [1.807, 2.05) is 6.07 Å². The van der Waals surface area contributed by atoms with E-state index in [-0.39, 0.29) is 0 Å². The summed E-state index contributed by atoms with van der Waals surface area (Å²) in [4.78, 5) is 0. The summed E-state index contributed by atoms with van der Waals surface area (Å²) in [5, 5.41) is 2.54. The number of benzene rings is 3. The van der Waals surface area contributed by atoms with Crippen LogP contribution in [0.15, 0.2) is 82.9 Å². The summed E-state index contributed by atoms with van der Waals surface area (Å²) in [5.41, 5.74) is 2.35. The van der Waals surface area contributed by atoms with Crippen molar-refractivity contribution in [3.8, 4) is 5.75 Å². The molecule has 0 aliphatic carbocycles. The Morgan fingerprint density at radius 2 is 0.917 bits per heavy atom.